The number of hydrogen-bond donors (Lipinski definition) is 1. The van der Waals surface area contributed by atoms with Gasteiger partial charge in [0.1, 0.15) is 6.04 Å². The van der Waals surface area contributed by atoms with Gasteiger partial charge in [-0.15, -0.1) is 22.7 Å². The van der Waals surface area contributed by atoms with Crippen molar-refractivity contribution < 1.29 is 9.59 Å². The molecule has 152 valence electrons. The Morgan fingerprint density at radius 1 is 1.48 bits per heavy atom. The number of allylic oxidation sites excluding steroid dienone is 1. The topological polar surface area (TPSA) is 79.0 Å². The Bertz CT molecular complexity index is 975. The minimum Gasteiger partial charge on any atom is -0.369 e. The smallest absolute Gasteiger partial charge is 0.263 e. The van der Waals surface area contributed by atoms with Gasteiger partial charge in [-0.05, 0) is 36.1 Å². The standard InChI is InChI=1S/C21H24N4O2S2/c1-5-8-15-13(6-2)11-17(29-15)20(27)24(3)12-14-18(16-9-7-10-28-16)23-21(22)25(4)19(14)26/h5-11,14,18H,2,12H2,1,3-4H3,(H2,22,23)/b8-5-. The van der Waals surface area contributed by atoms with Crippen LogP contribution in [-0.2, 0) is 4.79 Å². The van der Waals surface area contributed by atoms with Crippen LogP contribution in [0.25, 0.3) is 12.2 Å². The summed E-state index contributed by atoms with van der Waals surface area (Å²) in [7, 11) is 3.32. The van der Waals surface area contributed by atoms with E-state index in [0.717, 1.165) is 15.3 Å². The average molecular weight is 429 g/mol. The first-order chi connectivity index (χ1) is 13.9. The predicted molar refractivity (Wildman–Crippen MR) is 121 cm³/mol. The van der Waals surface area contributed by atoms with Crippen LogP contribution in [0.15, 0.2) is 41.2 Å². The third kappa shape index (κ3) is 4.18. The Morgan fingerprint density at radius 3 is 2.86 bits per heavy atom. The summed E-state index contributed by atoms with van der Waals surface area (Å²) in [6, 6.07) is 5.32. The lowest BCUT2D eigenvalue weighted by molar-refractivity contribution is -0.132. The molecule has 0 aliphatic carbocycles. The van der Waals surface area contributed by atoms with E-state index in [-0.39, 0.29) is 30.4 Å². The molecule has 3 heterocycles. The summed E-state index contributed by atoms with van der Waals surface area (Å²) in [6.45, 7) is 6.01. The molecule has 8 heteroatoms. The van der Waals surface area contributed by atoms with Gasteiger partial charge in [-0.1, -0.05) is 24.8 Å². The van der Waals surface area contributed by atoms with E-state index in [0.29, 0.717) is 4.88 Å². The van der Waals surface area contributed by atoms with Crippen LogP contribution in [0.4, 0.5) is 0 Å². The van der Waals surface area contributed by atoms with Gasteiger partial charge in [0.15, 0.2) is 5.96 Å². The fourth-order valence-corrected chi connectivity index (χ4v) is 5.20. The highest BCUT2D eigenvalue weighted by Gasteiger charge is 2.39. The van der Waals surface area contributed by atoms with Crippen molar-refractivity contribution in [2.75, 3.05) is 20.6 Å². The van der Waals surface area contributed by atoms with E-state index in [1.165, 1.54) is 27.6 Å². The number of hydrogen-bond acceptors (Lipinski definition) is 6. The molecule has 2 amide bonds. The number of amides is 2. The molecule has 0 radical (unpaired) electrons. The molecule has 2 unspecified atom stereocenters. The quantitative estimate of drug-likeness (QED) is 0.762. The summed E-state index contributed by atoms with van der Waals surface area (Å²) < 4.78 is 0. The number of aliphatic imine (C=N–C) groups is 1. The number of carbonyl (C=O) groups excluding carboxylic acids is 2. The van der Waals surface area contributed by atoms with Crippen LogP contribution in [0.2, 0.25) is 0 Å². The molecular weight excluding hydrogens is 404 g/mol. The highest BCUT2D eigenvalue weighted by Crippen LogP contribution is 2.34. The molecule has 0 aromatic carbocycles. The number of carbonyl (C=O) groups is 2. The number of rotatable bonds is 6. The zero-order chi connectivity index (χ0) is 21.1. The Balaban J connectivity index is 1.86. The summed E-state index contributed by atoms with van der Waals surface area (Å²) in [6.07, 6.45) is 5.64. The van der Waals surface area contributed by atoms with Gasteiger partial charge in [0.05, 0.1) is 10.8 Å². The van der Waals surface area contributed by atoms with Gasteiger partial charge in [0, 0.05) is 30.4 Å². The van der Waals surface area contributed by atoms with Crippen molar-refractivity contribution in [1.82, 2.24) is 9.80 Å². The molecule has 1 aliphatic heterocycles. The minimum absolute atomic E-state index is 0.128. The predicted octanol–water partition coefficient (Wildman–Crippen LogP) is 3.70. The second-order valence-electron chi connectivity index (χ2n) is 6.77. The van der Waals surface area contributed by atoms with Crippen molar-refractivity contribution in [3.63, 3.8) is 0 Å². The Morgan fingerprint density at radius 2 is 2.24 bits per heavy atom. The van der Waals surface area contributed by atoms with Crippen molar-refractivity contribution in [3.8, 4) is 0 Å². The zero-order valence-corrected chi connectivity index (χ0v) is 18.3. The second-order valence-corrected chi connectivity index (χ2v) is 8.83. The van der Waals surface area contributed by atoms with Crippen LogP contribution in [0, 0.1) is 5.92 Å². The summed E-state index contributed by atoms with van der Waals surface area (Å²) in [5, 5.41) is 1.95. The first-order valence-corrected chi connectivity index (χ1v) is 10.9. The molecule has 0 saturated carbocycles. The summed E-state index contributed by atoms with van der Waals surface area (Å²) in [5.41, 5.74) is 6.86. The summed E-state index contributed by atoms with van der Waals surface area (Å²) in [4.78, 5) is 36.0. The summed E-state index contributed by atoms with van der Waals surface area (Å²) >= 11 is 2.95. The fourth-order valence-electron chi connectivity index (χ4n) is 3.25. The van der Waals surface area contributed by atoms with Crippen molar-refractivity contribution in [3.05, 3.63) is 56.4 Å². The molecule has 2 aromatic heterocycles. The molecule has 2 N–H and O–H groups in total. The molecule has 6 nitrogen and oxygen atoms in total. The molecule has 29 heavy (non-hydrogen) atoms. The second kappa shape index (κ2) is 8.75. The lowest BCUT2D eigenvalue weighted by Gasteiger charge is -2.34. The van der Waals surface area contributed by atoms with E-state index >= 15 is 0 Å². The van der Waals surface area contributed by atoms with Gasteiger partial charge in [-0.3, -0.25) is 14.5 Å². The number of thiophene rings is 2. The van der Waals surface area contributed by atoms with E-state index in [1.807, 2.05) is 42.7 Å². The molecule has 0 saturated heterocycles. The van der Waals surface area contributed by atoms with Crippen molar-refractivity contribution >= 4 is 52.6 Å². The fraction of sp³-hybridized carbons (Fsp3) is 0.286. The molecule has 1 aliphatic rings. The average Bonchev–Trinajstić information content (AvgIpc) is 3.37. The Hall–Kier alpha value is -2.71. The van der Waals surface area contributed by atoms with Crippen LogP contribution in [-0.4, -0.2) is 48.2 Å². The SMILES string of the molecule is C=Cc1cc(C(=O)N(C)CC2C(=O)N(C)C(N)=NC2c2cccs2)sc1/C=C\C. The highest BCUT2D eigenvalue weighted by atomic mass is 32.1. The number of guanidine groups is 1. The van der Waals surface area contributed by atoms with Crippen LogP contribution >= 0.6 is 22.7 Å². The van der Waals surface area contributed by atoms with Crippen LogP contribution in [0.5, 0.6) is 0 Å². The Labute approximate surface area is 178 Å². The molecule has 0 bridgehead atoms. The van der Waals surface area contributed by atoms with Gasteiger partial charge in [0.2, 0.25) is 5.91 Å². The van der Waals surface area contributed by atoms with Gasteiger partial charge in [-0.25, -0.2) is 4.99 Å². The van der Waals surface area contributed by atoms with E-state index in [2.05, 4.69) is 11.6 Å². The monoisotopic (exact) mass is 428 g/mol. The molecule has 2 atom stereocenters. The maximum Gasteiger partial charge on any atom is 0.263 e. The molecule has 3 rings (SSSR count). The highest BCUT2D eigenvalue weighted by molar-refractivity contribution is 7.15. The van der Waals surface area contributed by atoms with Crippen molar-refractivity contribution in [2.45, 2.75) is 13.0 Å². The first kappa shape index (κ1) is 21.0. The van der Waals surface area contributed by atoms with Gasteiger partial charge in [-0.2, -0.15) is 0 Å². The molecular formula is C21H24N4O2S2. The lowest BCUT2D eigenvalue weighted by atomic mass is 9.95. The van der Waals surface area contributed by atoms with E-state index in [4.69, 9.17) is 5.73 Å². The summed E-state index contributed by atoms with van der Waals surface area (Å²) in [5.74, 6) is -0.558. The van der Waals surface area contributed by atoms with E-state index in [9.17, 15) is 9.59 Å². The van der Waals surface area contributed by atoms with E-state index in [1.54, 1.807) is 25.1 Å². The third-order valence-electron chi connectivity index (χ3n) is 4.84. The Kier molecular flexibility index (Phi) is 6.34. The van der Waals surface area contributed by atoms with Crippen LogP contribution in [0.1, 0.15) is 38.0 Å². The normalized spacial score (nSPS) is 19.5. The van der Waals surface area contributed by atoms with Crippen molar-refractivity contribution in [1.29, 1.82) is 0 Å². The zero-order valence-electron chi connectivity index (χ0n) is 16.7. The maximum absolute atomic E-state index is 13.0. The number of nitrogens with zero attached hydrogens (tertiary/aromatic N) is 3. The minimum atomic E-state index is -0.492. The maximum atomic E-state index is 13.0. The van der Waals surface area contributed by atoms with Crippen molar-refractivity contribution in [2.24, 2.45) is 16.6 Å². The van der Waals surface area contributed by atoms with E-state index < -0.39 is 5.92 Å². The molecule has 0 fully saturated rings. The first-order valence-electron chi connectivity index (χ1n) is 9.16. The number of nitrogens with two attached hydrogens (primary N) is 1. The van der Waals surface area contributed by atoms with Gasteiger partial charge >= 0.3 is 0 Å². The molecule has 2 aromatic rings. The third-order valence-corrected chi connectivity index (χ3v) is 6.88. The largest absolute Gasteiger partial charge is 0.369 e. The van der Waals surface area contributed by atoms with Gasteiger partial charge in [0.25, 0.3) is 5.91 Å². The van der Waals surface area contributed by atoms with Gasteiger partial charge < -0.3 is 10.6 Å². The van der Waals surface area contributed by atoms with Crippen LogP contribution < -0.4 is 5.73 Å². The molecule has 0 spiro atoms. The lowest BCUT2D eigenvalue weighted by Crippen LogP contribution is -2.51. The van der Waals surface area contributed by atoms with Crippen LogP contribution in [0.3, 0.4) is 0 Å².